The summed E-state index contributed by atoms with van der Waals surface area (Å²) in [6, 6.07) is 9.38. The number of rotatable bonds is 10. The van der Waals surface area contributed by atoms with Crippen LogP contribution in [-0.2, 0) is 27.4 Å². The summed E-state index contributed by atoms with van der Waals surface area (Å²) in [7, 11) is -3.23. The van der Waals surface area contributed by atoms with Crippen LogP contribution in [0.4, 0.5) is 17.6 Å². The fraction of sp³-hybridized carbons (Fsp3) is 0.286. The highest BCUT2D eigenvalue weighted by molar-refractivity contribution is 7.90. The minimum Gasteiger partial charge on any atom is -0.489 e. The van der Waals surface area contributed by atoms with Gasteiger partial charge in [-0.2, -0.15) is 13.2 Å². The zero-order chi connectivity index (χ0) is 28.8. The number of aromatic nitrogens is 1. The van der Waals surface area contributed by atoms with Gasteiger partial charge in [0.15, 0.2) is 0 Å². The van der Waals surface area contributed by atoms with Gasteiger partial charge in [0, 0.05) is 35.6 Å². The summed E-state index contributed by atoms with van der Waals surface area (Å²) in [4.78, 5) is 15.2. The number of halogens is 4. The maximum absolute atomic E-state index is 14.6. The number of benzene rings is 2. The number of fused-ring (bicyclic) bond motifs is 3. The standard InChI is InChI=1S/C28H23F4NO6S/c1-40(36,37)8-2-7-38-24-12-22(28(30,31)32)21(13-33-24)15-3-6-23(29)17(9-15)14-39-18-4-5-19-16(10-18)11-20-25(19)26(20)27(34)35/h3-6,9-13,25-26H,2,7-8,14H2,1H3,(H,34,35)/t25-,26-/m0/s1. The Bertz CT molecular complexity index is 1630. The highest BCUT2D eigenvalue weighted by Crippen LogP contribution is 2.60. The molecule has 0 radical (unpaired) electrons. The third kappa shape index (κ3) is 5.81. The summed E-state index contributed by atoms with van der Waals surface area (Å²) in [5.74, 6) is -2.23. The van der Waals surface area contributed by atoms with Gasteiger partial charge >= 0.3 is 12.1 Å². The Labute approximate surface area is 227 Å². The summed E-state index contributed by atoms with van der Waals surface area (Å²) < 4.78 is 89.7. The smallest absolute Gasteiger partial charge is 0.417 e. The van der Waals surface area contributed by atoms with E-state index in [1.807, 2.05) is 0 Å². The molecule has 0 saturated heterocycles. The van der Waals surface area contributed by atoms with Gasteiger partial charge in [0.05, 0.1) is 23.8 Å². The van der Waals surface area contributed by atoms with Crippen molar-refractivity contribution < 1.29 is 45.4 Å². The van der Waals surface area contributed by atoms with E-state index in [0.29, 0.717) is 5.75 Å². The predicted octanol–water partition coefficient (Wildman–Crippen LogP) is 5.49. The van der Waals surface area contributed by atoms with Crippen molar-refractivity contribution in [3.8, 4) is 22.8 Å². The maximum atomic E-state index is 14.6. The van der Waals surface area contributed by atoms with Crippen molar-refractivity contribution in [3.05, 3.63) is 82.3 Å². The van der Waals surface area contributed by atoms with Gasteiger partial charge in [-0.3, -0.25) is 4.79 Å². The monoisotopic (exact) mass is 577 g/mol. The molecule has 0 amide bonds. The van der Waals surface area contributed by atoms with Crippen LogP contribution in [0.25, 0.3) is 17.2 Å². The molecule has 1 fully saturated rings. The van der Waals surface area contributed by atoms with E-state index in [1.165, 1.54) is 12.1 Å². The first-order valence-electron chi connectivity index (χ1n) is 12.2. The van der Waals surface area contributed by atoms with E-state index >= 15 is 0 Å². The molecule has 210 valence electrons. The van der Waals surface area contributed by atoms with Gasteiger partial charge in [0.1, 0.15) is 28.0 Å². The number of nitrogens with zero attached hydrogens (tertiary/aromatic N) is 1. The number of pyridine rings is 1. The average molecular weight is 578 g/mol. The van der Waals surface area contributed by atoms with Crippen molar-refractivity contribution in [3.63, 3.8) is 0 Å². The van der Waals surface area contributed by atoms with Crippen LogP contribution in [0.1, 0.15) is 34.6 Å². The van der Waals surface area contributed by atoms with Gasteiger partial charge in [-0.05, 0) is 52.9 Å². The Hall–Kier alpha value is -3.93. The molecule has 0 unspecified atom stereocenters. The van der Waals surface area contributed by atoms with Crippen LogP contribution in [0.5, 0.6) is 11.6 Å². The number of carbonyl (C=O) groups is 1. The number of alkyl halides is 3. The second kappa shape index (κ2) is 10.2. The molecule has 3 aromatic rings. The van der Waals surface area contributed by atoms with Gasteiger partial charge < -0.3 is 14.6 Å². The summed E-state index contributed by atoms with van der Waals surface area (Å²) in [6.07, 6.45) is -0.843. The minimum atomic E-state index is -4.77. The molecule has 2 atom stereocenters. The first-order valence-corrected chi connectivity index (χ1v) is 14.3. The van der Waals surface area contributed by atoms with E-state index < -0.39 is 39.3 Å². The van der Waals surface area contributed by atoms with Crippen LogP contribution < -0.4 is 9.47 Å². The van der Waals surface area contributed by atoms with Gasteiger partial charge in [-0.1, -0.05) is 18.2 Å². The highest BCUT2D eigenvalue weighted by Gasteiger charge is 2.53. The van der Waals surface area contributed by atoms with Crippen LogP contribution in [0.15, 0.2) is 54.2 Å². The Morgan fingerprint density at radius 2 is 1.88 bits per heavy atom. The number of ether oxygens (including phenoxy) is 2. The fourth-order valence-corrected chi connectivity index (χ4v) is 5.47. The lowest BCUT2D eigenvalue weighted by Gasteiger charge is -2.16. The Kier molecular flexibility index (Phi) is 7.07. The van der Waals surface area contributed by atoms with Crippen molar-refractivity contribution in [2.45, 2.75) is 25.1 Å². The third-order valence-electron chi connectivity index (χ3n) is 6.77. The molecule has 7 nitrogen and oxygen atoms in total. The van der Waals surface area contributed by atoms with Crippen molar-refractivity contribution in [1.82, 2.24) is 4.98 Å². The minimum absolute atomic E-state index is 0.0272. The van der Waals surface area contributed by atoms with Crippen LogP contribution >= 0.6 is 0 Å². The molecule has 2 aromatic carbocycles. The largest absolute Gasteiger partial charge is 0.489 e. The van der Waals surface area contributed by atoms with Crippen LogP contribution in [0, 0.1) is 11.7 Å². The lowest BCUT2D eigenvalue weighted by Crippen LogP contribution is -2.11. The zero-order valence-corrected chi connectivity index (χ0v) is 21.9. The van der Waals surface area contributed by atoms with Gasteiger partial charge in [-0.25, -0.2) is 17.8 Å². The Morgan fingerprint density at radius 1 is 1.10 bits per heavy atom. The summed E-state index contributed by atoms with van der Waals surface area (Å²) >= 11 is 0. The number of aliphatic carboxylic acids is 1. The van der Waals surface area contributed by atoms with E-state index in [0.717, 1.165) is 41.3 Å². The second-order valence-corrected chi connectivity index (χ2v) is 12.0. The molecule has 1 heterocycles. The molecule has 1 aromatic heterocycles. The average Bonchev–Trinajstić information content (AvgIpc) is 3.47. The Balaban J connectivity index is 1.32. The van der Waals surface area contributed by atoms with Crippen molar-refractivity contribution >= 4 is 21.9 Å². The molecule has 2 aliphatic carbocycles. The molecule has 12 heteroatoms. The lowest BCUT2D eigenvalue weighted by atomic mass is 9.99. The van der Waals surface area contributed by atoms with Crippen LogP contribution in [0.2, 0.25) is 0 Å². The maximum Gasteiger partial charge on any atom is 0.417 e. The quantitative estimate of drug-likeness (QED) is 0.251. The van der Waals surface area contributed by atoms with E-state index in [2.05, 4.69) is 4.98 Å². The SMILES string of the molecule is CS(=O)(=O)CCCOc1cc(C(F)(F)F)c(-c2ccc(F)c(COc3ccc4c(c3)C=C3[C@H](C(=O)O)[C@H]34)c2)cn1. The summed E-state index contributed by atoms with van der Waals surface area (Å²) in [5, 5.41) is 9.23. The highest BCUT2D eigenvalue weighted by atomic mass is 32.2. The van der Waals surface area contributed by atoms with Gasteiger partial charge in [0.25, 0.3) is 0 Å². The van der Waals surface area contributed by atoms with Crippen LogP contribution in [-0.4, -0.2) is 43.1 Å². The van der Waals surface area contributed by atoms with Crippen molar-refractivity contribution in [2.75, 3.05) is 18.6 Å². The number of carboxylic acids is 1. The number of hydrogen-bond acceptors (Lipinski definition) is 6. The molecule has 1 saturated carbocycles. The zero-order valence-electron chi connectivity index (χ0n) is 21.0. The molecule has 5 rings (SSSR count). The van der Waals surface area contributed by atoms with E-state index in [1.54, 1.807) is 24.3 Å². The first-order chi connectivity index (χ1) is 18.8. The lowest BCUT2D eigenvalue weighted by molar-refractivity contribution is -0.138. The summed E-state index contributed by atoms with van der Waals surface area (Å²) in [5.41, 5.74) is 1.32. The third-order valence-corrected chi connectivity index (χ3v) is 7.80. The first kappa shape index (κ1) is 27.6. The second-order valence-electron chi connectivity index (χ2n) is 9.72. The van der Waals surface area contributed by atoms with Gasteiger partial charge in [0.2, 0.25) is 5.88 Å². The molecule has 2 aliphatic rings. The van der Waals surface area contributed by atoms with E-state index in [-0.39, 0.29) is 53.9 Å². The molecule has 0 aliphatic heterocycles. The molecule has 1 N–H and O–H groups in total. The molecular formula is C28H23F4NO6S. The Morgan fingerprint density at radius 3 is 2.58 bits per heavy atom. The van der Waals surface area contributed by atoms with Crippen molar-refractivity contribution in [2.24, 2.45) is 5.92 Å². The molecule has 0 bridgehead atoms. The number of hydrogen-bond donors (Lipinski definition) is 1. The molecule has 40 heavy (non-hydrogen) atoms. The summed E-state index contributed by atoms with van der Waals surface area (Å²) in [6.45, 7) is -0.387. The number of sulfone groups is 1. The van der Waals surface area contributed by atoms with E-state index in [4.69, 9.17) is 9.47 Å². The number of carboxylic acid groups (broad SMARTS) is 1. The van der Waals surface area contributed by atoms with E-state index in [9.17, 15) is 35.9 Å². The van der Waals surface area contributed by atoms with Crippen LogP contribution in [0.3, 0.4) is 0 Å². The predicted molar refractivity (Wildman–Crippen MR) is 137 cm³/mol. The topological polar surface area (TPSA) is 103 Å². The van der Waals surface area contributed by atoms with Crippen molar-refractivity contribution in [1.29, 1.82) is 0 Å². The molecular weight excluding hydrogens is 554 g/mol. The normalized spacial score (nSPS) is 17.6. The van der Waals surface area contributed by atoms with Gasteiger partial charge in [-0.15, -0.1) is 0 Å². The molecule has 0 spiro atoms. The fourth-order valence-electron chi connectivity index (χ4n) is 4.83.